The van der Waals surface area contributed by atoms with Crippen LogP contribution in [0, 0.1) is 0 Å². The molecule has 0 aromatic heterocycles. The number of carboxylic acids is 1. The molecule has 9 nitrogen and oxygen atoms in total. The summed E-state index contributed by atoms with van der Waals surface area (Å²) in [5.41, 5.74) is 0. The number of hydrogen-bond acceptors (Lipinski definition) is 7. The Hall–Kier alpha value is -4.31. The van der Waals surface area contributed by atoms with Crippen molar-refractivity contribution in [2.45, 2.75) is 399 Å². The third-order valence-electron chi connectivity index (χ3n) is 18.7. The van der Waals surface area contributed by atoms with Gasteiger partial charge in [-0.3, -0.25) is 9.59 Å². The second kappa shape index (κ2) is 81.4. The van der Waals surface area contributed by atoms with Crippen LogP contribution in [0.2, 0.25) is 0 Å². The van der Waals surface area contributed by atoms with Gasteiger partial charge in [0.2, 0.25) is 0 Å². The van der Waals surface area contributed by atoms with E-state index < -0.39 is 24.3 Å². The fraction of sp³-hybridized carbons (Fsp3) is 0.750. The van der Waals surface area contributed by atoms with Gasteiger partial charge in [-0.05, 0) is 109 Å². The Morgan fingerprint density at radius 2 is 0.564 bits per heavy atom. The summed E-state index contributed by atoms with van der Waals surface area (Å²) >= 11 is 0. The highest BCUT2D eigenvalue weighted by atomic mass is 16.7. The first kappa shape index (κ1) is 96.7. The molecule has 0 amide bonds. The molecule has 0 radical (unpaired) electrons. The van der Waals surface area contributed by atoms with Gasteiger partial charge in [-0.2, -0.15) is 0 Å². The molecular weight excluding hydrogens is 1250 g/mol. The first-order valence-corrected chi connectivity index (χ1v) is 42.7. The van der Waals surface area contributed by atoms with Crippen molar-refractivity contribution in [3.8, 4) is 0 Å². The normalized spacial score (nSPS) is 13.2. The number of allylic oxidation sites excluding steroid dienone is 20. The predicted molar refractivity (Wildman–Crippen MR) is 438 cm³/mol. The quantitative estimate of drug-likeness (QED) is 0.0211. The molecule has 0 aliphatic heterocycles. The third-order valence-corrected chi connectivity index (χ3v) is 18.7. The van der Waals surface area contributed by atoms with Crippen molar-refractivity contribution in [1.29, 1.82) is 0 Å². The second-order valence-electron chi connectivity index (χ2n) is 29.8. The summed E-state index contributed by atoms with van der Waals surface area (Å²) in [6, 6.07) is 0. The zero-order valence-electron chi connectivity index (χ0n) is 66.8. The SMILES string of the molecule is CC/C=C\C/C=C\C/C=C\C/C=C\C/C=C\C/C=C\C/C=C\CCCCCCCCCCCCCCCCCC(=O)OC(COC(=O)CCCCCCCCCCCCCCCCCCCCCCCCCC/C=C\C/C=C\C/C=C\CCCCCCC)COC(OCC[N+](C)(C)C)C(=O)O. The summed E-state index contributed by atoms with van der Waals surface area (Å²) in [5, 5.41) is 9.79. The largest absolute Gasteiger partial charge is 0.477 e. The summed E-state index contributed by atoms with van der Waals surface area (Å²) in [6.07, 6.45) is 114. The van der Waals surface area contributed by atoms with Crippen LogP contribution in [0.3, 0.4) is 0 Å². The smallest absolute Gasteiger partial charge is 0.361 e. The number of ether oxygens (including phenoxy) is 4. The number of quaternary nitrogens is 1. The topological polar surface area (TPSA) is 108 Å². The van der Waals surface area contributed by atoms with Crippen LogP contribution in [-0.4, -0.2) is 87.4 Å². The van der Waals surface area contributed by atoms with Crippen LogP contribution in [0.5, 0.6) is 0 Å². The molecule has 2 atom stereocenters. The molecule has 0 spiro atoms. The molecule has 0 aromatic rings. The molecule has 0 aromatic carbocycles. The Morgan fingerprint density at radius 3 is 0.842 bits per heavy atom. The van der Waals surface area contributed by atoms with E-state index in [-0.39, 0.29) is 32.2 Å². The maximum atomic E-state index is 13.0. The maximum absolute atomic E-state index is 13.0. The van der Waals surface area contributed by atoms with Crippen LogP contribution in [-0.2, 0) is 33.3 Å². The van der Waals surface area contributed by atoms with Gasteiger partial charge in [0, 0.05) is 12.8 Å². The first-order chi connectivity index (χ1) is 49.6. The van der Waals surface area contributed by atoms with Gasteiger partial charge in [0.1, 0.15) is 13.2 Å². The lowest BCUT2D eigenvalue weighted by molar-refractivity contribution is -0.870. The highest BCUT2D eigenvalue weighted by Gasteiger charge is 2.25. The Balaban J connectivity index is 3.98. The van der Waals surface area contributed by atoms with E-state index >= 15 is 0 Å². The van der Waals surface area contributed by atoms with Crippen LogP contribution >= 0.6 is 0 Å². The monoisotopic (exact) mass is 1410 g/mol. The van der Waals surface area contributed by atoms with E-state index in [1.54, 1.807) is 0 Å². The molecule has 0 heterocycles. The van der Waals surface area contributed by atoms with Gasteiger partial charge in [-0.15, -0.1) is 0 Å². The minimum atomic E-state index is -1.52. The van der Waals surface area contributed by atoms with Gasteiger partial charge >= 0.3 is 17.9 Å². The number of aliphatic carboxylic acids is 1. The van der Waals surface area contributed by atoms with Gasteiger partial charge in [-0.25, -0.2) is 4.79 Å². The van der Waals surface area contributed by atoms with Crippen molar-refractivity contribution < 1.29 is 42.9 Å². The van der Waals surface area contributed by atoms with Crippen molar-refractivity contribution >= 4 is 17.9 Å². The standard InChI is InChI=1S/C92H161NO8/c1-6-8-10-12-14-16-18-20-22-24-26-28-30-32-34-36-38-40-42-44-45-47-48-50-52-54-56-58-60-62-64-66-68-70-72-74-76-78-80-82-89(94)99-86-88(87-100-92(91(96)97)98-85-84-93(3,4)5)101-90(95)83-81-79-77-75-73-71-69-67-65-63-61-59-57-55-53-51-49-46-43-41-39-37-35-33-31-29-27-25-23-21-19-17-15-13-11-9-7-2/h9,11,15,17-18,20-21,23-24,26-27,29-30,32-33,35,39,41,46,49,88,92H,6-8,10,12-14,16,19,22,25,28,31,34,36-38,40,42-45,47-48,50-87H2,1-5H3/p+1/b11-9-,17-15-,20-18-,23-21-,26-24-,29-27-,32-30-,35-33-,41-39-,49-46-. The van der Waals surface area contributed by atoms with E-state index in [1.807, 2.05) is 21.1 Å². The fourth-order valence-electron chi connectivity index (χ4n) is 12.2. The molecule has 582 valence electrons. The Morgan fingerprint density at radius 1 is 0.307 bits per heavy atom. The molecule has 101 heavy (non-hydrogen) atoms. The lowest BCUT2D eigenvalue weighted by atomic mass is 10.0. The lowest BCUT2D eigenvalue weighted by Crippen LogP contribution is -2.40. The van der Waals surface area contributed by atoms with Gasteiger partial charge in [0.05, 0.1) is 34.4 Å². The van der Waals surface area contributed by atoms with Crippen LogP contribution in [0.15, 0.2) is 122 Å². The molecule has 0 aliphatic rings. The number of carboxylic acid groups (broad SMARTS) is 1. The van der Waals surface area contributed by atoms with E-state index in [9.17, 15) is 19.5 Å². The number of esters is 2. The van der Waals surface area contributed by atoms with Crippen molar-refractivity contribution in [1.82, 2.24) is 0 Å². The number of likely N-dealkylation sites (N-methyl/N-ethyl adjacent to an activating group) is 1. The first-order valence-electron chi connectivity index (χ1n) is 42.7. The molecular formula is C92H162NO8+. The summed E-state index contributed by atoms with van der Waals surface area (Å²) in [5.74, 6) is -1.99. The van der Waals surface area contributed by atoms with E-state index in [2.05, 4.69) is 135 Å². The van der Waals surface area contributed by atoms with E-state index in [0.29, 0.717) is 17.4 Å². The number of nitrogens with zero attached hydrogens (tertiary/aromatic N) is 1. The maximum Gasteiger partial charge on any atom is 0.361 e. The number of unbranched alkanes of at least 4 members (excludes halogenated alkanes) is 44. The van der Waals surface area contributed by atoms with Crippen molar-refractivity contribution in [2.24, 2.45) is 0 Å². The lowest BCUT2D eigenvalue weighted by Gasteiger charge is -2.25. The minimum absolute atomic E-state index is 0.182. The number of carbonyl (C=O) groups excluding carboxylic acids is 2. The number of carbonyl (C=O) groups is 3. The zero-order valence-corrected chi connectivity index (χ0v) is 66.8. The molecule has 0 aliphatic carbocycles. The minimum Gasteiger partial charge on any atom is -0.477 e. The van der Waals surface area contributed by atoms with Crippen LogP contribution in [0.1, 0.15) is 386 Å². The number of rotatable bonds is 79. The molecule has 0 fully saturated rings. The van der Waals surface area contributed by atoms with Gasteiger partial charge in [-0.1, -0.05) is 386 Å². The van der Waals surface area contributed by atoms with E-state index in [0.717, 1.165) is 96.3 Å². The van der Waals surface area contributed by atoms with Gasteiger partial charge in [0.25, 0.3) is 6.29 Å². The van der Waals surface area contributed by atoms with Crippen molar-refractivity contribution in [2.75, 3.05) is 47.5 Å². The average Bonchev–Trinajstić information content (AvgIpc) is 1.25. The van der Waals surface area contributed by atoms with Crippen molar-refractivity contribution in [3.05, 3.63) is 122 Å². The molecule has 1 N–H and O–H groups in total. The van der Waals surface area contributed by atoms with Crippen molar-refractivity contribution in [3.63, 3.8) is 0 Å². The highest BCUT2D eigenvalue weighted by Crippen LogP contribution is 2.19. The molecule has 0 saturated heterocycles. The summed E-state index contributed by atoms with van der Waals surface area (Å²) in [7, 11) is 5.99. The highest BCUT2D eigenvalue weighted by molar-refractivity contribution is 5.71. The predicted octanol–water partition coefficient (Wildman–Crippen LogP) is 27.8. The molecule has 9 heteroatoms. The molecule has 0 bridgehead atoms. The third kappa shape index (κ3) is 82.8. The Labute approximate surface area is 625 Å². The van der Waals surface area contributed by atoms with E-state index in [1.165, 1.54) is 263 Å². The number of hydrogen-bond donors (Lipinski definition) is 1. The Bertz CT molecular complexity index is 2090. The van der Waals surface area contributed by atoms with Crippen LogP contribution in [0.25, 0.3) is 0 Å². The van der Waals surface area contributed by atoms with Gasteiger partial charge in [0.15, 0.2) is 6.10 Å². The fourth-order valence-corrected chi connectivity index (χ4v) is 12.2. The summed E-state index contributed by atoms with van der Waals surface area (Å²) in [6.45, 7) is 4.79. The Kier molecular flexibility index (Phi) is 77.9. The van der Waals surface area contributed by atoms with E-state index in [4.69, 9.17) is 18.9 Å². The summed E-state index contributed by atoms with van der Waals surface area (Å²) < 4.78 is 23.1. The second-order valence-corrected chi connectivity index (χ2v) is 29.8. The molecule has 2 unspecified atom stereocenters. The van der Waals surface area contributed by atoms with Gasteiger partial charge < -0.3 is 28.5 Å². The zero-order chi connectivity index (χ0) is 73.2. The van der Waals surface area contributed by atoms with Crippen LogP contribution < -0.4 is 0 Å². The summed E-state index contributed by atoms with van der Waals surface area (Å²) in [4.78, 5) is 37.8. The molecule has 0 rings (SSSR count). The molecule has 0 saturated carbocycles. The van der Waals surface area contributed by atoms with Crippen LogP contribution in [0.4, 0.5) is 0 Å². The average molecular weight is 1410 g/mol.